The maximum atomic E-state index is 13.6. The Kier molecular flexibility index (Phi) is 4.86. The van der Waals surface area contributed by atoms with Gasteiger partial charge in [0.2, 0.25) is 0 Å². The van der Waals surface area contributed by atoms with Crippen molar-refractivity contribution in [1.29, 1.82) is 0 Å². The van der Waals surface area contributed by atoms with Crippen LogP contribution < -0.4 is 4.74 Å². The van der Waals surface area contributed by atoms with Crippen LogP contribution in [0.2, 0.25) is 0 Å². The van der Waals surface area contributed by atoms with Crippen molar-refractivity contribution in [2.24, 2.45) is 5.10 Å². The molecule has 0 bridgehead atoms. The Labute approximate surface area is 183 Å². The Balaban J connectivity index is 1.21. The zero-order valence-electron chi connectivity index (χ0n) is 15.7. The number of thiazole rings is 1. The first kappa shape index (κ1) is 19.9. The van der Waals surface area contributed by atoms with Crippen LogP contribution >= 0.6 is 22.9 Å². The number of carbonyl (C=O) groups is 2. The predicted molar refractivity (Wildman–Crippen MR) is 110 cm³/mol. The summed E-state index contributed by atoms with van der Waals surface area (Å²) in [5.41, 5.74) is 1.12. The number of aromatic nitrogens is 2. The highest BCUT2D eigenvalue weighted by atomic mass is 35.5. The van der Waals surface area contributed by atoms with Gasteiger partial charge in [-0.2, -0.15) is 10.1 Å². The number of likely N-dealkylation sites (tertiary alicyclic amines) is 1. The molecule has 2 aliphatic heterocycles. The van der Waals surface area contributed by atoms with E-state index in [0.717, 1.165) is 10.8 Å². The van der Waals surface area contributed by atoms with Crippen molar-refractivity contribution in [1.82, 2.24) is 19.9 Å². The molecule has 2 aliphatic rings. The molecule has 1 saturated heterocycles. The molecule has 1 atom stereocenters. The highest BCUT2D eigenvalue weighted by Gasteiger charge is 2.39. The Bertz CT molecular complexity index is 1170. The van der Waals surface area contributed by atoms with E-state index in [1.54, 1.807) is 17.2 Å². The second-order valence-electron chi connectivity index (χ2n) is 7.17. The number of urea groups is 1. The first-order valence-corrected chi connectivity index (χ1v) is 10.5. The van der Waals surface area contributed by atoms with Gasteiger partial charge in [-0.15, -0.1) is 0 Å². The zero-order chi connectivity index (χ0) is 21.7. The molecule has 31 heavy (non-hydrogen) atoms. The number of benzene rings is 1. The van der Waals surface area contributed by atoms with Gasteiger partial charge in [0.15, 0.2) is 5.65 Å². The van der Waals surface area contributed by atoms with E-state index in [1.165, 1.54) is 28.5 Å². The van der Waals surface area contributed by atoms with E-state index in [0.29, 0.717) is 35.9 Å². The van der Waals surface area contributed by atoms with Crippen LogP contribution in [-0.4, -0.2) is 56.6 Å². The summed E-state index contributed by atoms with van der Waals surface area (Å²) in [6.45, 7) is 0.655. The molecule has 0 spiro atoms. The van der Waals surface area contributed by atoms with Crippen LogP contribution in [0.25, 0.3) is 10.3 Å². The second kappa shape index (κ2) is 7.57. The molecule has 5 rings (SSSR count). The quantitative estimate of drug-likeness (QED) is 0.592. The lowest BCUT2D eigenvalue weighted by molar-refractivity contribution is 0.0277. The molecule has 1 fully saturated rings. The maximum absolute atomic E-state index is 13.6. The van der Waals surface area contributed by atoms with E-state index >= 15 is 0 Å². The molecule has 8 nitrogen and oxygen atoms in total. The van der Waals surface area contributed by atoms with Gasteiger partial charge in [0.25, 0.3) is 10.4 Å². The molecule has 2 aromatic heterocycles. The Hall–Kier alpha value is -3.05. The Morgan fingerprint density at radius 1 is 1.19 bits per heavy atom. The van der Waals surface area contributed by atoms with Crippen LogP contribution in [0.15, 0.2) is 29.4 Å². The third-order valence-electron chi connectivity index (χ3n) is 5.06. The summed E-state index contributed by atoms with van der Waals surface area (Å²) >= 11 is 6.70. The van der Waals surface area contributed by atoms with Crippen molar-refractivity contribution < 1.29 is 23.1 Å². The van der Waals surface area contributed by atoms with E-state index < -0.39 is 22.9 Å². The second-order valence-corrected chi connectivity index (χ2v) is 8.51. The normalized spacial score (nSPS) is 18.6. The van der Waals surface area contributed by atoms with Crippen molar-refractivity contribution >= 4 is 50.8 Å². The molecule has 0 radical (unpaired) electrons. The molecule has 0 saturated carbocycles. The molecule has 3 aromatic rings. The number of hydrazone groups is 1. The molecule has 1 N–H and O–H groups in total. The number of H-pyrrole nitrogens is 1. The summed E-state index contributed by atoms with van der Waals surface area (Å²) in [5.74, 6) is -1.40. The van der Waals surface area contributed by atoms with Gasteiger partial charge in [-0.05, 0) is 35.4 Å². The van der Waals surface area contributed by atoms with E-state index in [-0.39, 0.29) is 17.8 Å². The number of aromatic amines is 1. The summed E-state index contributed by atoms with van der Waals surface area (Å²) in [7, 11) is 0. The van der Waals surface area contributed by atoms with Crippen LogP contribution in [0.3, 0.4) is 0 Å². The fourth-order valence-electron chi connectivity index (χ4n) is 3.55. The maximum Gasteiger partial charge on any atom is 0.341 e. The molecule has 12 heteroatoms. The van der Waals surface area contributed by atoms with Gasteiger partial charge < -0.3 is 14.6 Å². The van der Waals surface area contributed by atoms with Crippen molar-refractivity contribution in [3.8, 4) is 5.19 Å². The number of hydrogen-bond donors (Lipinski definition) is 1. The smallest absolute Gasteiger partial charge is 0.341 e. The summed E-state index contributed by atoms with van der Waals surface area (Å²) in [6, 6.07) is 3.88. The highest BCUT2D eigenvalue weighted by molar-refractivity contribution is 7.20. The molecule has 160 valence electrons. The van der Waals surface area contributed by atoms with Crippen LogP contribution in [0.1, 0.15) is 28.5 Å². The number of nitrogens with one attached hydrogen (secondary N) is 1. The van der Waals surface area contributed by atoms with Crippen molar-refractivity contribution in [2.45, 2.75) is 18.6 Å². The third kappa shape index (κ3) is 3.74. The average Bonchev–Trinajstić information content (AvgIpc) is 3.37. The molecule has 1 unspecified atom stereocenters. The summed E-state index contributed by atoms with van der Waals surface area (Å²) < 4.78 is 33.7. The molecule has 2 amide bonds. The zero-order valence-corrected chi connectivity index (χ0v) is 17.3. The van der Waals surface area contributed by atoms with E-state index in [4.69, 9.17) is 16.3 Å². The van der Waals surface area contributed by atoms with Gasteiger partial charge in [-0.1, -0.05) is 11.3 Å². The number of halogens is 3. The van der Waals surface area contributed by atoms with Gasteiger partial charge in [-0.25, -0.2) is 18.6 Å². The fourth-order valence-corrected chi connectivity index (χ4v) is 4.53. The standard InChI is InChI=1S/C19H14ClF2N5O3S/c20-16(28)13-6-15-17(24-13)25-18(31-15)30-12-7-26(8-12)19(29)27-14(1-2-23-27)9-3-10(21)5-11(22)4-9/h2-6,12,14,24H,1,7-8H2. The Morgan fingerprint density at radius 3 is 2.61 bits per heavy atom. The lowest BCUT2D eigenvalue weighted by atomic mass is 10.0. The number of nitrogens with zero attached hydrogens (tertiary/aromatic N) is 4. The summed E-state index contributed by atoms with van der Waals surface area (Å²) in [5, 5.41) is 5.15. The predicted octanol–water partition coefficient (Wildman–Crippen LogP) is 3.90. The minimum Gasteiger partial charge on any atom is -0.463 e. The fraction of sp³-hybridized carbons (Fsp3) is 0.263. The molecular weight excluding hydrogens is 452 g/mol. The van der Waals surface area contributed by atoms with Crippen LogP contribution in [-0.2, 0) is 0 Å². The summed E-state index contributed by atoms with van der Waals surface area (Å²) in [4.78, 5) is 32.6. The number of amides is 2. The third-order valence-corrected chi connectivity index (χ3v) is 6.15. The minimum atomic E-state index is -0.700. The summed E-state index contributed by atoms with van der Waals surface area (Å²) in [6.07, 6.45) is 1.68. The lowest BCUT2D eigenvalue weighted by Gasteiger charge is -2.40. The van der Waals surface area contributed by atoms with Crippen LogP contribution in [0, 0.1) is 11.6 Å². The lowest BCUT2D eigenvalue weighted by Crippen LogP contribution is -2.58. The van der Waals surface area contributed by atoms with Gasteiger partial charge >= 0.3 is 6.03 Å². The molecule has 0 aliphatic carbocycles. The van der Waals surface area contributed by atoms with E-state index in [1.807, 2.05) is 0 Å². The number of rotatable bonds is 4. The van der Waals surface area contributed by atoms with Crippen molar-refractivity contribution in [3.05, 3.63) is 47.2 Å². The van der Waals surface area contributed by atoms with Crippen molar-refractivity contribution in [2.75, 3.05) is 13.1 Å². The molecule has 4 heterocycles. The Morgan fingerprint density at radius 2 is 1.94 bits per heavy atom. The van der Waals surface area contributed by atoms with Gasteiger partial charge in [0.05, 0.1) is 23.8 Å². The highest BCUT2D eigenvalue weighted by Crippen LogP contribution is 2.33. The number of fused-ring (bicyclic) bond motifs is 1. The largest absolute Gasteiger partial charge is 0.463 e. The SMILES string of the molecule is O=C(Cl)c1cc2sc(OC3CN(C(=O)N4N=CCC4c4cc(F)cc(F)c4)C3)nc2[nH]1. The number of ether oxygens (including phenoxy) is 1. The van der Waals surface area contributed by atoms with Gasteiger partial charge in [0.1, 0.15) is 23.4 Å². The molecule has 1 aromatic carbocycles. The monoisotopic (exact) mass is 465 g/mol. The van der Waals surface area contributed by atoms with Gasteiger partial charge in [-0.3, -0.25) is 4.79 Å². The number of carbonyl (C=O) groups excluding carboxylic acids is 2. The van der Waals surface area contributed by atoms with Crippen LogP contribution in [0.5, 0.6) is 5.19 Å². The average molecular weight is 466 g/mol. The first-order valence-electron chi connectivity index (χ1n) is 9.30. The van der Waals surface area contributed by atoms with Crippen molar-refractivity contribution in [3.63, 3.8) is 0 Å². The van der Waals surface area contributed by atoms with E-state index in [9.17, 15) is 18.4 Å². The minimum absolute atomic E-state index is 0.245. The number of hydrogen-bond acceptors (Lipinski definition) is 6. The topological polar surface area (TPSA) is 90.9 Å². The first-order chi connectivity index (χ1) is 14.9. The van der Waals surface area contributed by atoms with E-state index in [2.05, 4.69) is 15.1 Å². The van der Waals surface area contributed by atoms with Crippen LogP contribution in [0.4, 0.5) is 13.6 Å². The molecular formula is C19H14ClF2N5O3S. The van der Waals surface area contributed by atoms with Gasteiger partial charge in [0, 0.05) is 18.7 Å².